The summed E-state index contributed by atoms with van der Waals surface area (Å²) in [5.41, 5.74) is 0. The zero-order chi connectivity index (χ0) is 57.5. The van der Waals surface area contributed by atoms with Crippen molar-refractivity contribution in [3.8, 4) is 0 Å². The maximum atomic E-state index is 13.2. The van der Waals surface area contributed by atoms with E-state index in [4.69, 9.17) is 9.47 Å². The monoisotopic (exact) mass is 1120 g/mol. The predicted octanol–water partition coefficient (Wildman–Crippen LogP) is 16.0. The molecule has 468 valence electrons. The van der Waals surface area contributed by atoms with Crippen LogP contribution in [-0.2, 0) is 14.3 Å². The van der Waals surface area contributed by atoms with Gasteiger partial charge in [0.2, 0.25) is 5.91 Å². The number of unbranched alkanes of at least 4 members (excludes halogenated alkanes) is 44. The van der Waals surface area contributed by atoms with Gasteiger partial charge in [0.25, 0.3) is 0 Å². The fourth-order valence-corrected chi connectivity index (χ4v) is 11.2. The minimum absolute atomic E-state index is 0.257. The zero-order valence-electron chi connectivity index (χ0n) is 51.6. The minimum Gasteiger partial charge on any atom is -0.394 e. The Morgan fingerprint density at radius 3 is 1.09 bits per heavy atom. The third-order valence-electron chi connectivity index (χ3n) is 16.7. The number of ether oxygens (including phenoxy) is 2. The van der Waals surface area contributed by atoms with Gasteiger partial charge in [-0.2, -0.15) is 0 Å². The molecule has 0 bridgehead atoms. The molecule has 0 saturated carbocycles. The predicted molar refractivity (Wildman–Crippen MR) is 330 cm³/mol. The topological polar surface area (TPSA) is 189 Å². The molecule has 1 fully saturated rings. The Balaban J connectivity index is 2.11. The molecular weight excluding hydrogens is 991 g/mol. The molecule has 1 saturated heterocycles. The molecule has 1 aliphatic heterocycles. The van der Waals surface area contributed by atoms with Crippen LogP contribution in [0.2, 0.25) is 0 Å². The molecule has 1 amide bonds. The maximum absolute atomic E-state index is 13.2. The van der Waals surface area contributed by atoms with E-state index in [1.54, 1.807) is 0 Å². The summed E-state index contributed by atoms with van der Waals surface area (Å²) >= 11 is 0. The van der Waals surface area contributed by atoms with Crippen molar-refractivity contribution in [2.24, 2.45) is 0 Å². The van der Waals surface area contributed by atoms with E-state index in [0.29, 0.717) is 12.8 Å². The smallest absolute Gasteiger partial charge is 0.249 e. The lowest BCUT2D eigenvalue weighted by molar-refractivity contribution is -0.303. The molecule has 1 rings (SSSR count). The van der Waals surface area contributed by atoms with Gasteiger partial charge in [-0.25, -0.2) is 0 Å². The number of carbonyl (C=O) groups excluding carboxylic acids is 1. The second kappa shape index (κ2) is 57.0. The Hall–Kier alpha value is -1.41. The summed E-state index contributed by atoms with van der Waals surface area (Å²) in [7, 11) is 0. The Labute approximate surface area is 486 Å². The van der Waals surface area contributed by atoms with Crippen LogP contribution in [0.4, 0.5) is 0 Å². The number of amides is 1. The van der Waals surface area contributed by atoms with Crippen molar-refractivity contribution in [2.45, 2.75) is 390 Å². The van der Waals surface area contributed by atoms with E-state index in [0.717, 1.165) is 38.5 Å². The van der Waals surface area contributed by atoms with Gasteiger partial charge in [-0.3, -0.25) is 4.79 Å². The van der Waals surface area contributed by atoms with E-state index in [1.807, 2.05) is 0 Å². The van der Waals surface area contributed by atoms with Gasteiger partial charge in [0, 0.05) is 0 Å². The van der Waals surface area contributed by atoms with E-state index in [-0.39, 0.29) is 12.8 Å². The molecule has 0 aliphatic carbocycles. The van der Waals surface area contributed by atoms with Crippen LogP contribution in [0, 0.1) is 0 Å². The van der Waals surface area contributed by atoms with Crippen LogP contribution in [0.3, 0.4) is 0 Å². The highest BCUT2D eigenvalue weighted by Gasteiger charge is 2.44. The average molecular weight is 1120 g/mol. The molecule has 8 N–H and O–H groups in total. The van der Waals surface area contributed by atoms with Crippen LogP contribution in [0.15, 0.2) is 24.3 Å². The van der Waals surface area contributed by atoms with Crippen molar-refractivity contribution in [3.63, 3.8) is 0 Å². The molecule has 9 atom stereocenters. The molecule has 0 aromatic carbocycles. The van der Waals surface area contributed by atoms with Crippen LogP contribution in [0.1, 0.15) is 335 Å². The number of hydrogen-bond donors (Lipinski definition) is 8. The van der Waals surface area contributed by atoms with Gasteiger partial charge in [0.05, 0.1) is 25.4 Å². The lowest BCUT2D eigenvalue weighted by Gasteiger charge is -2.40. The van der Waals surface area contributed by atoms with E-state index < -0.39 is 74.2 Å². The molecule has 0 spiro atoms. The summed E-state index contributed by atoms with van der Waals surface area (Å²) in [6, 6.07) is -1.18. The van der Waals surface area contributed by atoms with Crippen LogP contribution in [0.5, 0.6) is 0 Å². The van der Waals surface area contributed by atoms with Crippen LogP contribution >= 0.6 is 0 Å². The first-order valence-corrected chi connectivity index (χ1v) is 34.2. The van der Waals surface area contributed by atoms with Gasteiger partial charge in [-0.15, -0.1) is 0 Å². The van der Waals surface area contributed by atoms with Crippen LogP contribution in [0.25, 0.3) is 0 Å². The third-order valence-corrected chi connectivity index (χ3v) is 16.7. The highest BCUT2D eigenvalue weighted by molar-refractivity contribution is 5.80. The number of rotatable bonds is 60. The molecule has 11 nitrogen and oxygen atoms in total. The average Bonchev–Trinajstić information content (AvgIpc) is 3.46. The van der Waals surface area contributed by atoms with Crippen LogP contribution in [-0.4, -0.2) is 110 Å². The highest BCUT2D eigenvalue weighted by atomic mass is 16.7. The van der Waals surface area contributed by atoms with Crippen molar-refractivity contribution >= 4 is 5.91 Å². The normalized spacial score (nSPS) is 19.4. The summed E-state index contributed by atoms with van der Waals surface area (Å²) in [6.07, 6.45) is 60.1. The second-order valence-electron chi connectivity index (χ2n) is 24.2. The quantitative estimate of drug-likeness (QED) is 0.0215. The summed E-state index contributed by atoms with van der Waals surface area (Å²) < 4.78 is 11.1. The Bertz CT molecular complexity index is 1330. The van der Waals surface area contributed by atoms with E-state index >= 15 is 0 Å². The number of aliphatic hydroxyl groups is 7. The first-order chi connectivity index (χ1) is 38.7. The Morgan fingerprint density at radius 2 is 0.747 bits per heavy atom. The molecule has 79 heavy (non-hydrogen) atoms. The highest BCUT2D eigenvalue weighted by Crippen LogP contribution is 2.24. The SMILES string of the molecule is CCCCCCCCCCC/C=C/CCCC(O)C(O)C(COC1OC(CO)C(O)C(O)C1O)NC(=O)C(O)CCCCCCCCCCCCCCCCCC/C=C\CCCCCCCCCCCCCCCCCCCC. The summed E-state index contributed by atoms with van der Waals surface area (Å²) in [6.45, 7) is 3.47. The van der Waals surface area contributed by atoms with Crippen LogP contribution < -0.4 is 5.32 Å². The van der Waals surface area contributed by atoms with E-state index in [1.165, 1.54) is 257 Å². The number of allylic oxidation sites excluding steroid dienone is 4. The van der Waals surface area contributed by atoms with Gasteiger partial charge in [-0.05, 0) is 64.2 Å². The largest absolute Gasteiger partial charge is 0.394 e. The first-order valence-electron chi connectivity index (χ1n) is 34.2. The summed E-state index contributed by atoms with van der Waals surface area (Å²) in [5.74, 6) is -0.702. The first kappa shape index (κ1) is 75.6. The fourth-order valence-electron chi connectivity index (χ4n) is 11.2. The second-order valence-corrected chi connectivity index (χ2v) is 24.2. The summed E-state index contributed by atoms with van der Waals surface area (Å²) in [5, 5.41) is 76.2. The standard InChI is InChI=1S/C68H131NO10/c1-3-5-7-9-11-13-15-17-19-20-21-22-23-24-25-26-27-28-29-30-31-32-33-34-35-36-37-38-39-40-41-42-44-46-48-50-52-54-56-61(72)67(77)69-59(58-78-68-66(76)65(75)64(74)62(57-70)79-68)63(73)60(71)55-53-51-49-47-45-43-18-16-14-12-10-8-6-4-2/h30-31,47,49,59-66,68,70-76H,3-29,32-46,48,50-58H2,1-2H3,(H,69,77)/b31-30-,49-47+. The molecule has 0 aromatic rings. The number of carbonyl (C=O) groups is 1. The zero-order valence-corrected chi connectivity index (χ0v) is 51.6. The van der Waals surface area contributed by atoms with Crippen molar-refractivity contribution in [1.29, 1.82) is 0 Å². The van der Waals surface area contributed by atoms with Crippen molar-refractivity contribution < 1.29 is 50.0 Å². The lowest BCUT2D eigenvalue weighted by Crippen LogP contribution is -2.60. The third kappa shape index (κ3) is 44.7. The van der Waals surface area contributed by atoms with Crippen molar-refractivity contribution in [3.05, 3.63) is 24.3 Å². The molecule has 0 radical (unpaired) electrons. The van der Waals surface area contributed by atoms with Gasteiger partial charge in [-0.1, -0.05) is 295 Å². The van der Waals surface area contributed by atoms with Crippen molar-refractivity contribution in [1.82, 2.24) is 5.32 Å². The Kier molecular flexibility index (Phi) is 54.6. The molecular formula is C68H131NO10. The lowest BCUT2D eigenvalue weighted by atomic mass is 9.98. The molecule has 0 aromatic heterocycles. The molecule has 11 heteroatoms. The molecule has 1 heterocycles. The number of hydrogen-bond acceptors (Lipinski definition) is 10. The van der Waals surface area contributed by atoms with E-state index in [9.17, 15) is 40.5 Å². The van der Waals surface area contributed by atoms with Gasteiger partial charge < -0.3 is 50.5 Å². The van der Waals surface area contributed by atoms with Crippen molar-refractivity contribution in [2.75, 3.05) is 13.2 Å². The fraction of sp³-hybridized carbons (Fsp3) is 0.926. The summed E-state index contributed by atoms with van der Waals surface area (Å²) in [4.78, 5) is 13.2. The van der Waals surface area contributed by atoms with Gasteiger partial charge >= 0.3 is 0 Å². The van der Waals surface area contributed by atoms with E-state index in [2.05, 4.69) is 43.5 Å². The number of nitrogens with one attached hydrogen (secondary N) is 1. The minimum atomic E-state index is -1.67. The Morgan fingerprint density at radius 1 is 0.430 bits per heavy atom. The molecule has 9 unspecified atom stereocenters. The molecule has 1 aliphatic rings. The van der Waals surface area contributed by atoms with Gasteiger partial charge in [0.15, 0.2) is 6.29 Å². The van der Waals surface area contributed by atoms with Gasteiger partial charge in [0.1, 0.15) is 36.6 Å². The number of aliphatic hydroxyl groups excluding tert-OH is 7. The maximum Gasteiger partial charge on any atom is 0.249 e.